The van der Waals surface area contributed by atoms with Crippen molar-refractivity contribution in [3.8, 4) is 5.75 Å². The van der Waals surface area contributed by atoms with Gasteiger partial charge in [0.05, 0.1) is 11.8 Å². The van der Waals surface area contributed by atoms with Crippen molar-refractivity contribution < 1.29 is 19.1 Å². The largest absolute Gasteiger partial charge is 0.462 e. The van der Waals surface area contributed by atoms with Gasteiger partial charge >= 0.3 is 11.9 Å². The van der Waals surface area contributed by atoms with Crippen molar-refractivity contribution in [3.63, 3.8) is 0 Å². The van der Waals surface area contributed by atoms with E-state index in [2.05, 4.69) is 20.8 Å². The first-order valence-corrected chi connectivity index (χ1v) is 19.7. The first kappa shape index (κ1) is 35.5. The molecule has 4 heteroatoms. The molecule has 0 heterocycles. The Kier molecular flexibility index (Phi) is 13.5. The molecule has 0 saturated heterocycles. The number of aryl methyl sites for hydroxylation is 1. The molecule has 0 aromatic heterocycles. The van der Waals surface area contributed by atoms with Gasteiger partial charge in [-0.1, -0.05) is 64.2 Å². The number of hydrogen-bond acceptors (Lipinski definition) is 4. The standard InChI is InChI=1S/C21H36O2.C21H30O2/c2*1-15-3-7-17(8-4-15)18-9-11-19(12-10-18)21(22)23-20-13-5-16(2)6-14-20/h15-20H,3-14H2,1-2H3;5-6,13-15,17-19H,3-4,7-12H2,1-2H3. The molecule has 1 aromatic carbocycles. The van der Waals surface area contributed by atoms with Crippen LogP contribution in [0.25, 0.3) is 0 Å². The first-order valence-electron chi connectivity index (χ1n) is 19.7. The summed E-state index contributed by atoms with van der Waals surface area (Å²) in [5.41, 5.74) is 1.19. The lowest BCUT2D eigenvalue weighted by atomic mass is 9.69. The lowest BCUT2D eigenvalue weighted by molar-refractivity contribution is -0.157. The van der Waals surface area contributed by atoms with Crippen LogP contribution in [0, 0.1) is 60.2 Å². The van der Waals surface area contributed by atoms with Crippen LogP contribution in [0.1, 0.15) is 155 Å². The smallest absolute Gasteiger partial charge is 0.314 e. The van der Waals surface area contributed by atoms with E-state index in [1.807, 2.05) is 31.2 Å². The Bertz CT molecular complexity index is 1040. The van der Waals surface area contributed by atoms with Crippen LogP contribution in [0.4, 0.5) is 0 Å². The lowest BCUT2D eigenvalue weighted by Crippen LogP contribution is -2.31. The molecule has 5 aliphatic rings. The molecule has 0 N–H and O–H groups in total. The van der Waals surface area contributed by atoms with E-state index in [0.29, 0.717) is 5.75 Å². The zero-order chi connectivity index (χ0) is 32.5. The zero-order valence-electron chi connectivity index (χ0n) is 29.9. The van der Waals surface area contributed by atoms with E-state index in [1.165, 1.54) is 95.5 Å². The zero-order valence-corrected chi connectivity index (χ0v) is 29.9. The van der Waals surface area contributed by atoms with Crippen LogP contribution in [0.3, 0.4) is 0 Å². The summed E-state index contributed by atoms with van der Waals surface area (Å²) in [6.45, 7) is 9.13. The van der Waals surface area contributed by atoms with Crippen LogP contribution in [-0.2, 0) is 14.3 Å². The molecule has 258 valence electrons. The third kappa shape index (κ3) is 10.6. The highest BCUT2D eigenvalue weighted by atomic mass is 16.5. The number of carbonyl (C=O) groups is 2. The van der Waals surface area contributed by atoms with Gasteiger partial charge in [-0.2, -0.15) is 0 Å². The van der Waals surface area contributed by atoms with E-state index in [1.54, 1.807) is 0 Å². The molecular weight excluding hydrogens is 568 g/mol. The van der Waals surface area contributed by atoms with Crippen molar-refractivity contribution in [2.75, 3.05) is 0 Å². The Morgan fingerprint density at radius 3 is 1.24 bits per heavy atom. The maximum Gasteiger partial charge on any atom is 0.314 e. The van der Waals surface area contributed by atoms with E-state index < -0.39 is 0 Å². The Balaban J connectivity index is 0.000000181. The van der Waals surface area contributed by atoms with Crippen LogP contribution >= 0.6 is 0 Å². The normalized spacial score (nSPS) is 36.9. The van der Waals surface area contributed by atoms with E-state index in [4.69, 9.17) is 9.47 Å². The molecule has 5 saturated carbocycles. The fourth-order valence-electron chi connectivity index (χ4n) is 9.58. The molecule has 1 aromatic rings. The quantitative estimate of drug-likeness (QED) is 0.231. The predicted octanol–water partition coefficient (Wildman–Crippen LogP) is 11.3. The summed E-state index contributed by atoms with van der Waals surface area (Å²) < 4.78 is 11.4. The summed E-state index contributed by atoms with van der Waals surface area (Å²) in [4.78, 5) is 24.8. The Labute approximate surface area is 281 Å². The minimum Gasteiger partial charge on any atom is -0.462 e. The molecule has 0 amide bonds. The number of rotatable bonds is 6. The summed E-state index contributed by atoms with van der Waals surface area (Å²) in [7, 11) is 0. The summed E-state index contributed by atoms with van der Waals surface area (Å²) in [6, 6.07) is 7.76. The van der Waals surface area contributed by atoms with Gasteiger partial charge in [0.15, 0.2) is 0 Å². The Morgan fingerprint density at radius 2 is 0.826 bits per heavy atom. The highest BCUT2D eigenvalue weighted by Crippen LogP contribution is 2.43. The van der Waals surface area contributed by atoms with Crippen molar-refractivity contribution in [2.45, 2.75) is 162 Å². The first-order chi connectivity index (χ1) is 22.2. The lowest BCUT2D eigenvalue weighted by Gasteiger charge is -2.37. The van der Waals surface area contributed by atoms with Gasteiger partial charge in [-0.3, -0.25) is 9.59 Å². The van der Waals surface area contributed by atoms with Gasteiger partial charge in [0.2, 0.25) is 0 Å². The molecule has 5 aliphatic carbocycles. The molecule has 5 fully saturated rings. The monoisotopic (exact) mass is 634 g/mol. The molecule has 0 radical (unpaired) electrons. The average Bonchev–Trinajstić information content (AvgIpc) is 3.08. The number of carbonyl (C=O) groups excluding carboxylic acids is 2. The topological polar surface area (TPSA) is 52.6 Å². The van der Waals surface area contributed by atoms with Gasteiger partial charge in [0.1, 0.15) is 11.9 Å². The van der Waals surface area contributed by atoms with Crippen molar-refractivity contribution >= 4 is 11.9 Å². The number of esters is 2. The van der Waals surface area contributed by atoms with E-state index in [9.17, 15) is 9.59 Å². The highest BCUT2D eigenvalue weighted by molar-refractivity contribution is 5.75. The van der Waals surface area contributed by atoms with Gasteiger partial charge in [-0.15, -0.1) is 0 Å². The Morgan fingerprint density at radius 1 is 0.478 bits per heavy atom. The average molecular weight is 635 g/mol. The molecule has 46 heavy (non-hydrogen) atoms. The minimum absolute atomic E-state index is 0.0235. The second-order valence-corrected chi connectivity index (χ2v) is 16.8. The molecule has 0 aliphatic heterocycles. The van der Waals surface area contributed by atoms with Crippen LogP contribution in [0.15, 0.2) is 24.3 Å². The third-order valence-corrected chi connectivity index (χ3v) is 13.1. The van der Waals surface area contributed by atoms with Crippen molar-refractivity contribution in [1.29, 1.82) is 0 Å². The molecule has 0 spiro atoms. The second kappa shape index (κ2) is 17.5. The van der Waals surface area contributed by atoms with E-state index in [0.717, 1.165) is 80.0 Å². The SMILES string of the molecule is CC1CCC(OC(=O)C2CCC(C3CCC(C)CC3)CC2)CC1.Cc1ccc(OC(=O)C2CCC(C3CCC(C)CC3)CC2)cc1. The van der Waals surface area contributed by atoms with Crippen LogP contribution in [0.5, 0.6) is 5.75 Å². The predicted molar refractivity (Wildman–Crippen MR) is 187 cm³/mol. The van der Waals surface area contributed by atoms with Crippen molar-refractivity contribution in [2.24, 2.45) is 53.3 Å². The third-order valence-electron chi connectivity index (χ3n) is 13.1. The molecule has 0 atom stereocenters. The maximum absolute atomic E-state index is 12.5. The molecule has 0 unspecified atom stereocenters. The number of ether oxygens (including phenoxy) is 2. The molecule has 6 rings (SSSR count). The Hall–Kier alpha value is -1.84. The fourth-order valence-corrected chi connectivity index (χ4v) is 9.58. The minimum atomic E-state index is -0.0235. The summed E-state index contributed by atoms with van der Waals surface area (Å²) in [5, 5.41) is 0. The molecule has 4 nitrogen and oxygen atoms in total. The summed E-state index contributed by atoms with van der Waals surface area (Å²) >= 11 is 0. The van der Waals surface area contributed by atoms with Gasteiger partial charge in [0.25, 0.3) is 0 Å². The summed E-state index contributed by atoms with van der Waals surface area (Å²) in [5.74, 6) is 7.38. The van der Waals surface area contributed by atoms with Gasteiger partial charge in [-0.25, -0.2) is 0 Å². The van der Waals surface area contributed by atoms with Crippen molar-refractivity contribution in [1.82, 2.24) is 0 Å². The highest BCUT2D eigenvalue weighted by Gasteiger charge is 2.35. The fraction of sp³-hybridized carbons (Fsp3) is 0.810. The summed E-state index contributed by atoms with van der Waals surface area (Å²) in [6.07, 6.45) is 25.3. The van der Waals surface area contributed by atoms with E-state index in [-0.39, 0.29) is 29.9 Å². The van der Waals surface area contributed by atoms with Gasteiger partial charge in [-0.05, 0) is 163 Å². The van der Waals surface area contributed by atoms with Crippen LogP contribution in [0.2, 0.25) is 0 Å². The number of benzene rings is 1. The van der Waals surface area contributed by atoms with Gasteiger partial charge < -0.3 is 9.47 Å². The van der Waals surface area contributed by atoms with Crippen LogP contribution < -0.4 is 4.74 Å². The van der Waals surface area contributed by atoms with Crippen LogP contribution in [-0.4, -0.2) is 18.0 Å². The van der Waals surface area contributed by atoms with Crippen molar-refractivity contribution in [3.05, 3.63) is 29.8 Å². The van der Waals surface area contributed by atoms with E-state index >= 15 is 0 Å². The second-order valence-electron chi connectivity index (χ2n) is 16.8. The maximum atomic E-state index is 12.5. The number of hydrogen-bond donors (Lipinski definition) is 0. The molecular formula is C42H66O4. The molecule has 0 bridgehead atoms. The van der Waals surface area contributed by atoms with Gasteiger partial charge in [0, 0.05) is 0 Å².